The molecule has 1 fully saturated rings. The molecule has 140 valence electrons. The molecule has 0 spiro atoms. The average Bonchev–Trinajstić information content (AvgIpc) is 3.18. The molecule has 0 unspecified atom stereocenters. The molecule has 0 amide bonds. The molecule has 0 bridgehead atoms. The summed E-state index contributed by atoms with van der Waals surface area (Å²) in [5.74, 6) is 0.761. The van der Waals surface area contributed by atoms with E-state index in [2.05, 4.69) is 5.10 Å². The first-order valence-electron chi connectivity index (χ1n) is 8.33. The van der Waals surface area contributed by atoms with Crippen LogP contribution in [0.5, 0.6) is 5.75 Å². The van der Waals surface area contributed by atoms with Crippen molar-refractivity contribution in [3.8, 4) is 17.2 Å². The topological polar surface area (TPSA) is 90.0 Å². The van der Waals surface area contributed by atoms with Crippen molar-refractivity contribution in [2.75, 3.05) is 20.3 Å². The lowest BCUT2D eigenvalue weighted by atomic mass is 10.2. The summed E-state index contributed by atoms with van der Waals surface area (Å²) >= 11 is 5.24. The number of hydrogen-bond donors (Lipinski definition) is 1. The molecule has 0 radical (unpaired) electrons. The fraction of sp³-hybridized carbons (Fsp3) is 0.471. The lowest BCUT2D eigenvalue weighted by molar-refractivity contribution is -0.146. The molecule has 26 heavy (non-hydrogen) atoms. The number of benzene rings is 1. The molecule has 1 saturated heterocycles. The molecule has 0 aliphatic carbocycles. The van der Waals surface area contributed by atoms with Crippen LogP contribution in [0.2, 0.25) is 0 Å². The summed E-state index contributed by atoms with van der Waals surface area (Å²) < 4.78 is 17.3. The quantitative estimate of drug-likeness (QED) is 0.601. The van der Waals surface area contributed by atoms with E-state index in [0.717, 1.165) is 11.3 Å². The van der Waals surface area contributed by atoms with Crippen molar-refractivity contribution in [1.29, 1.82) is 0 Å². The Balaban J connectivity index is 1.78. The molecule has 2 heterocycles. The van der Waals surface area contributed by atoms with Crippen LogP contribution < -0.4 is 4.74 Å². The Morgan fingerprint density at radius 2 is 2.15 bits per heavy atom. The number of carbonyl (C=O) groups is 1. The Morgan fingerprint density at radius 3 is 2.81 bits per heavy atom. The predicted molar refractivity (Wildman–Crippen MR) is 95.1 cm³/mol. The van der Waals surface area contributed by atoms with Gasteiger partial charge in [-0.2, -0.15) is 0 Å². The van der Waals surface area contributed by atoms with E-state index in [1.165, 1.54) is 11.8 Å². The minimum Gasteiger partial charge on any atom is -0.494 e. The second kappa shape index (κ2) is 7.98. The first-order chi connectivity index (χ1) is 12.5. The molecule has 8 nitrogen and oxygen atoms in total. The average molecular weight is 379 g/mol. The molecule has 1 aliphatic heterocycles. The van der Waals surface area contributed by atoms with Crippen LogP contribution >= 0.6 is 12.2 Å². The normalized spacial score (nSPS) is 20.3. The maximum atomic E-state index is 11.9. The maximum Gasteiger partial charge on any atom is 0.323 e. The number of aromatic nitrogens is 2. The fourth-order valence-electron chi connectivity index (χ4n) is 2.96. The third kappa shape index (κ3) is 3.95. The molecular weight excluding hydrogens is 358 g/mol. The highest BCUT2D eigenvalue weighted by Gasteiger charge is 2.37. The second-order valence-electron chi connectivity index (χ2n) is 5.97. The summed E-state index contributed by atoms with van der Waals surface area (Å²) in [6, 6.07) is 6.82. The SMILES string of the molecule is CCOc1ccc(-c2nn(CN3C[C@@H](O)C[C@H]3C(=O)OC)c(=S)o2)cc1. The third-order valence-corrected chi connectivity index (χ3v) is 4.48. The van der Waals surface area contributed by atoms with Crippen molar-refractivity contribution < 1.29 is 23.8 Å². The van der Waals surface area contributed by atoms with Crippen molar-refractivity contribution in [3.63, 3.8) is 0 Å². The number of rotatable bonds is 6. The van der Waals surface area contributed by atoms with Crippen molar-refractivity contribution >= 4 is 18.2 Å². The van der Waals surface area contributed by atoms with Crippen LogP contribution in [0.25, 0.3) is 11.5 Å². The summed E-state index contributed by atoms with van der Waals surface area (Å²) in [7, 11) is 1.33. The first kappa shape index (κ1) is 18.6. The minimum atomic E-state index is -0.592. The third-order valence-electron chi connectivity index (χ3n) is 4.19. The van der Waals surface area contributed by atoms with Crippen molar-refractivity contribution in [3.05, 3.63) is 29.1 Å². The highest BCUT2D eigenvalue weighted by molar-refractivity contribution is 7.71. The van der Waals surface area contributed by atoms with Gasteiger partial charge in [0.2, 0.25) is 5.89 Å². The van der Waals surface area contributed by atoms with Gasteiger partial charge in [-0.1, -0.05) is 0 Å². The smallest absolute Gasteiger partial charge is 0.323 e. The zero-order valence-corrected chi connectivity index (χ0v) is 15.4. The standard InChI is InChI=1S/C17H21N3O5S/c1-3-24-13-6-4-11(5-7-13)15-18-20(17(26)25-15)10-19-9-12(21)8-14(19)16(22)23-2/h4-7,12,14,21H,3,8-10H2,1-2H3/t12-,14-/m0/s1. The highest BCUT2D eigenvalue weighted by Crippen LogP contribution is 2.23. The summed E-state index contributed by atoms with van der Waals surface area (Å²) in [5.41, 5.74) is 0.768. The van der Waals surface area contributed by atoms with E-state index in [0.29, 0.717) is 25.5 Å². The summed E-state index contributed by atoms with van der Waals surface area (Å²) in [6.45, 7) is 3.09. The zero-order chi connectivity index (χ0) is 18.7. The first-order valence-corrected chi connectivity index (χ1v) is 8.73. The molecule has 1 aromatic carbocycles. The number of likely N-dealkylation sites (tertiary alicyclic amines) is 1. The molecule has 9 heteroatoms. The van der Waals surface area contributed by atoms with E-state index in [-0.39, 0.29) is 17.5 Å². The lowest BCUT2D eigenvalue weighted by Gasteiger charge is -2.21. The van der Waals surface area contributed by atoms with Gasteiger partial charge < -0.3 is 19.0 Å². The van der Waals surface area contributed by atoms with E-state index >= 15 is 0 Å². The van der Waals surface area contributed by atoms with Crippen LogP contribution in [-0.4, -0.2) is 58.2 Å². The molecule has 1 N–H and O–H groups in total. The summed E-state index contributed by atoms with van der Waals surface area (Å²) in [5, 5.41) is 14.3. The Labute approximate surface area is 155 Å². The number of β-amino-alcohol motifs (C(OH)–C–C–N with tert-alkyl or cyclic N) is 1. The van der Waals surface area contributed by atoms with E-state index < -0.39 is 12.1 Å². The van der Waals surface area contributed by atoms with Gasteiger partial charge in [-0.15, -0.1) is 5.10 Å². The Hall–Kier alpha value is -2.23. The largest absolute Gasteiger partial charge is 0.494 e. The number of nitrogens with zero attached hydrogens (tertiary/aromatic N) is 3. The number of carbonyl (C=O) groups excluding carboxylic acids is 1. The van der Waals surface area contributed by atoms with Gasteiger partial charge in [0.1, 0.15) is 11.8 Å². The van der Waals surface area contributed by atoms with Gasteiger partial charge in [0.25, 0.3) is 4.84 Å². The number of hydrogen-bond acceptors (Lipinski definition) is 8. The van der Waals surface area contributed by atoms with Gasteiger partial charge in [0.05, 0.1) is 26.5 Å². The van der Waals surface area contributed by atoms with Gasteiger partial charge in [0.15, 0.2) is 0 Å². The predicted octanol–water partition coefficient (Wildman–Crippen LogP) is 1.84. The minimum absolute atomic E-state index is 0.193. The van der Waals surface area contributed by atoms with E-state index in [4.69, 9.17) is 26.1 Å². The number of esters is 1. The zero-order valence-electron chi connectivity index (χ0n) is 14.6. The fourth-order valence-corrected chi connectivity index (χ4v) is 3.14. The van der Waals surface area contributed by atoms with Crippen LogP contribution in [0.1, 0.15) is 13.3 Å². The van der Waals surface area contributed by atoms with Crippen molar-refractivity contribution in [1.82, 2.24) is 14.7 Å². The molecule has 2 aromatic rings. The van der Waals surface area contributed by atoms with E-state index in [1.54, 1.807) is 4.90 Å². The van der Waals surface area contributed by atoms with E-state index in [1.807, 2.05) is 31.2 Å². The van der Waals surface area contributed by atoms with Crippen molar-refractivity contribution in [2.45, 2.75) is 32.2 Å². The monoisotopic (exact) mass is 379 g/mol. The van der Waals surface area contributed by atoms with Crippen LogP contribution in [0, 0.1) is 4.84 Å². The second-order valence-corrected chi connectivity index (χ2v) is 6.32. The number of aliphatic hydroxyl groups excluding tert-OH is 1. The molecule has 1 aromatic heterocycles. The number of aliphatic hydroxyl groups is 1. The Bertz CT molecular complexity index is 817. The van der Waals surface area contributed by atoms with E-state index in [9.17, 15) is 9.90 Å². The molecular formula is C17H21N3O5S. The maximum absolute atomic E-state index is 11.9. The molecule has 3 rings (SSSR count). The summed E-state index contributed by atoms with van der Waals surface area (Å²) in [4.78, 5) is 13.9. The molecule has 1 aliphatic rings. The number of methoxy groups -OCH3 is 1. The van der Waals surface area contributed by atoms with Crippen LogP contribution in [0.3, 0.4) is 0 Å². The Morgan fingerprint density at radius 1 is 1.42 bits per heavy atom. The Kier molecular flexibility index (Phi) is 5.70. The highest BCUT2D eigenvalue weighted by atomic mass is 32.1. The molecule has 2 atom stereocenters. The van der Waals surface area contributed by atoms with Gasteiger partial charge in [-0.25, -0.2) is 4.68 Å². The van der Waals surface area contributed by atoms with Crippen LogP contribution in [-0.2, 0) is 16.2 Å². The van der Waals surface area contributed by atoms with Gasteiger partial charge in [0, 0.05) is 18.5 Å². The van der Waals surface area contributed by atoms with Crippen molar-refractivity contribution in [2.24, 2.45) is 0 Å². The summed E-state index contributed by atoms with van der Waals surface area (Å²) in [6.07, 6.45) is -0.269. The lowest BCUT2D eigenvalue weighted by Crippen LogP contribution is -2.38. The number of ether oxygens (including phenoxy) is 2. The van der Waals surface area contributed by atoms with Crippen LogP contribution in [0.4, 0.5) is 0 Å². The van der Waals surface area contributed by atoms with Gasteiger partial charge in [-0.05, 0) is 43.4 Å². The van der Waals surface area contributed by atoms with Crippen LogP contribution in [0.15, 0.2) is 28.7 Å². The van der Waals surface area contributed by atoms with Gasteiger partial charge in [-0.3, -0.25) is 9.69 Å². The molecule has 0 saturated carbocycles. The van der Waals surface area contributed by atoms with Gasteiger partial charge >= 0.3 is 5.97 Å².